The molecule has 0 aliphatic carbocycles. The molecule has 2 N–H and O–H groups in total. The first-order valence-corrected chi connectivity index (χ1v) is 4.50. The van der Waals surface area contributed by atoms with Crippen LogP contribution in [-0.4, -0.2) is 28.4 Å². The number of nitrogens with zero attached hydrogens (tertiary/aromatic N) is 1. The molecule has 0 saturated heterocycles. The van der Waals surface area contributed by atoms with E-state index < -0.39 is 23.7 Å². The van der Waals surface area contributed by atoms with Gasteiger partial charge in [0.05, 0.1) is 0 Å². The minimum absolute atomic E-state index is 0.308. The van der Waals surface area contributed by atoms with Gasteiger partial charge in [0, 0.05) is 10.5 Å². The number of hydrogen-bond donors (Lipinski definition) is 2. The molecule has 0 aliphatic rings. The molecular weight excluding hydrogens is 198 g/mol. The molecule has 5 heteroatoms. The average Bonchev–Trinajstić information content (AvgIpc) is 2.22. The van der Waals surface area contributed by atoms with Crippen molar-refractivity contribution in [3.63, 3.8) is 0 Å². The van der Waals surface area contributed by atoms with Crippen LogP contribution in [0.3, 0.4) is 0 Å². The van der Waals surface area contributed by atoms with Gasteiger partial charge in [-0.05, 0) is 6.92 Å². The normalized spacial score (nSPS) is 11.4. The highest BCUT2D eigenvalue weighted by Crippen LogP contribution is 2.24. The molecule has 82 valence electrons. The van der Waals surface area contributed by atoms with E-state index in [0.29, 0.717) is 5.56 Å². The van der Waals surface area contributed by atoms with E-state index >= 15 is 0 Å². The Balaban J connectivity index is 3.20. The summed E-state index contributed by atoms with van der Waals surface area (Å²) in [7, 11) is 0. The van der Waals surface area contributed by atoms with E-state index in [9.17, 15) is 10.1 Å². The van der Waals surface area contributed by atoms with Crippen LogP contribution >= 0.6 is 0 Å². The maximum absolute atomic E-state index is 10.9. The lowest BCUT2D eigenvalue weighted by molar-refractivity contribution is -0.586. The van der Waals surface area contributed by atoms with Gasteiger partial charge in [0.1, 0.15) is 13.2 Å². The molecule has 0 bridgehead atoms. The molecule has 1 aromatic carbocycles. The second-order valence-electron chi connectivity index (χ2n) is 3.47. The lowest BCUT2D eigenvalue weighted by atomic mass is 9.92. The first kappa shape index (κ1) is 11.6. The Hall–Kier alpha value is -1.46. The number of benzene rings is 1. The average molecular weight is 211 g/mol. The van der Waals surface area contributed by atoms with Crippen molar-refractivity contribution in [3.05, 3.63) is 45.5 Å². The van der Waals surface area contributed by atoms with Crippen LogP contribution in [0.5, 0.6) is 0 Å². The highest BCUT2D eigenvalue weighted by atomic mass is 16.6. The number of nitro groups is 1. The summed E-state index contributed by atoms with van der Waals surface area (Å²) < 4.78 is 0. The highest BCUT2D eigenvalue weighted by Gasteiger charge is 2.43. The van der Waals surface area contributed by atoms with Gasteiger partial charge < -0.3 is 10.2 Å². The van der Waals surface area contributed by atoms with Gasteiger partial charge in [0.25, 0.3) is 5.54 Å². The second kappa shape index (κ2) is 4.37. The molecule has 5 nitrogen and oxygen atoms in total. The predicted octanol–water partition coefficient (Wildman–Crippen LogP) is 0.452. The van der Waals surface area contributed by atoms with E-state index in [0.717, 1.165) is 5.56 Å². The lowest BCUT2D eigenvalue weighted by Gasteiger charge is -2.21. The van der Waals surface area contributed by atoms with Crippen molar-refractivity contribution < 1.29 is 15.1 Å². The van der Waals surface area contributed by atoms with Crippen LogP contribution in [0.4, 0.5) is 0 Å². The predicted molar refractivity (Wildman–Crippen MR) is 54.0 cm³/mol. The first-order chi connectivity index (χ1) is 7.06. The van der Waals surface area contributed by atoms with Crippen molar-refractivity contribution in [1.29, 1.82) is 0 Å². The van der Waals surface area contributed by atoms with E-state index in [1.807, 2.05) is 6.92 Å². The smallest absolute Gasteiger partial charge is 0.292 e. The summed E-state index contributed by atoms with van der Waals surface area (Å²) >= 11 is 0. The molecule has 0 aliphatic heterocycles. The van der Waals surface area contributed by atoms with Crippen LogP contribution in [0.15, 0.2) is 24.3 Å². The van der Waals surface area contributed by atoms with E-state index in [1.165, 1.54) is 0 Å². The van der Waals surface area contributed by atoms with Gasteiger partial charge in [0.2, 0.25) is 0 Å². The van der Waals surface area contributed by atoms with Crippen LogP contribution in [0.1, 0.15) is 11.1 Å². The van der Waals surface area contributed by atoms with Crippen molar-refractivity contribution in [1.82, 2.24) is 0 Å². The minimum atomic E-state index is -1.80. The molecule has 0 amide bonds. The van der Waals surface area contributed by atoms with Gasteiger partial charge in [-0.25, -0.2) is 0 Å². The zero-order valence-electron chi connectivity index (χ0n) is 8.38. The Kier molecular flexibility index (Phi) is 3.39. The number of hydrogen-bond acceptors (Lipinski definition) is 4. The fourth-order valence-corrected chi connectivity index (χ4v) is 1.32. The van der Waals surface area contributed by atoms with E-state index in [1.54, 1.807) is 24.3 Å². The van der Waals surface area contributed by atoms with E-state index in [2.05, 4.69) is 0 Å². The molecule has 0 aromatic heterocycles. The molecule has 0 unspecified atom stereocenters. The number of rotatable bonds is 4. The third-order valence-electron chi connectivity index (χ3n) is 2.46. The summed E-state index contributed by atoms with van der Waals surface area (Å²) in [5.41, 5.74) is -0.525. The topological polar surface area (TPSA) is 83.6 Å². The van der Waals surface area contributed by atoms with Gasteiger partial charge in [-0.15, -0.1) is 0 Å². The van der Waals surface area contributed by atoms with E-state index in [-0.39, 0.29) is 0 Å². The Morgan fingerprint density at radius 2 is 1.73 bits per heavy atom. The van der Waals surface area contributed by atoms with Gasteiger partial charge >= 0.3 is 0 Å². The molecule has 1 aromatic rings. The molecule has 1 rings (SSSR count). The summed E-state index contributed by atoms with van der Waals surface area (Å²) in [6.07, 6.45) is 0. The second-order valence-corrected chi connectivity index (χ2v) is 3.47. The molecular formula is C10H13NO4. The molecule has 0 radical (unpaired) electrons. The molecule has 0 heterocycles. The van der Waals surface area contributed by atoms with Crippen molar-refractivity contribution in [2.45, 2.75) is 12.5 Å². The highest BCUT2D eigenvalue weighted by molar-refractivity contribution is 5.26. The largest absolute Gasteiger partial charge is 0.388 e. The Morgan fingerprint density at radius 3 is 2.07 bits per heavy atom. The summed E-state index contributed by atoms with van der Waals surface area (Å²) in [6, 6.07) is 6.51. The molecule has 0 saturated carbocycles. The quantitative estimate of drug-likeness (QED) is 0.559. The molecule has 15 heavy (non-hydrogen) atoms. The molecule has 0 spiro atoms. The van der Waals surface area contributed by atoms with Gasteiger partial charge in [-0.2, -0.15) is 0 Å². The van der Waals surface area contributed by atoms with Crippen LogP contribution in [-0.2, 0) is 5.54 Å². The summed E-state index contributed by atoms with van der Waals surface area (Å²) in [5.74, 6) is 0. The minimum Gasteiger partial charge on any atom is -0.388 e. The van der Waals surface area contributed by atoms with Crippen molar-refractivity contribution >= 4 is 0 Å². The Labute approximate surface area is 87.1 Å². The fraction of sp³-hybridized carbons (Fsp3) is 0.400. The third kappa shape index (κ3) is 1.98. The zero-order valence-corrected chi connectivity index (χ0v) is 8.38. The zero-order chi connectivity index (χ0) is 11.5. The van der Waals surface area contributed by atoms with Crippen molar-refractivity contribution in [2.24, 2.45) is 0 Å². The van der Waals surface area contributed by atoms with Gasteiger partial charge in [-0.1, -0.05) is 29.8 Å². The number of aryl methyl sites for hydroxylation is 1. The summed E-state index contributed by atoms with van der Waals surface area (Å²) in [6.45, 7) is 0.411. The first-order valence-electron chi connectivity index (χ1n) is 4.50. The van der Waals surface area contributed by atoms with E-state index in [4.69, 9.17) is 10.2 Å². The van der Waals surface area contributed by atoms with Crippen LogP contribution in [0, 0.1) is 17.0 Å². The van der Waals surface area contributed by atoms with Crippen LogP contribution in [0.25, 0.3) is 0 Å². The van der Waals surface area contributed by atoms with Crippen molar-refractivity contribution in [2.75, 3.05) is 13.2 Å². The summed E-state index contributed by atoms with van der Waals surface area (Å²) in [4.78, 5) is 10.2. The van der Waals surface area contributed by atoms with Gasteiger partial charge in [0.15, 0.2) is 0 Å². The van der Waals surface area contributed by atoms with Crippen molar-refractivity contribution in [3.8, 4) is 0 Å². The standard InChI is InChI=1S/C10H13NO4/c1-8-2-4-9(5-3-8)10(6-12,7-13)11(14)15/h2-5,12-13H,6-7H2,1H3. The number of aliphatic hydroxyl groups is 2. The third-order valence-corrected chi connectivity index (χ3v) is 2.46. The fourth-order valence-electron chi connectivity index (χ4n) is 1.32. The Bertz CT molecular complexity index is 343. The number of aliphatic hydroxyl groups excluding tert-OH is 2. The van der Waals surface area contributed by atoms with Crippen LogP contribution in [0.2, 0.25) is 0 Å². The molecule has 0 atom stereocenters. The summed E-state index contributed by atoms with van der Waals surface area (Å²) in [5, 5.41) is 29.0. The monoisotopic (exact) mass is 211 g/mol. The maximum atomic E-state index is 10.9. The maximum Gasteiger partial charge on any atom is 0.292 e. The molecule has 0 fully saturated rings. The SMILES string of the molecule is Cc1ccc(C(CO)(CO)[N+](=O)[O-])cc1. The van der Waals surface area contributed by atoms with Crippen LogP contribution < -0.4 is 0 Å². The lowest BCUT2D eigenvalue weighted by Crippen LogP contribution is -2.42. The van der Waals surface area contributed by atoms with Gasteiger partial charge in [-0.3, -0.25) is 10.1 Å². The Morgan fingerprint density at radius 1 is 1.27 bits per heavy atom.